The molecule has 728 valence electrons. The van der Waals surface area contributed by atoms with Gasteiger partial charge in [0.25, 0.3) is 0 Å². The first-order valence-electron chi connectivity index (χ1n) is 46.2. The zero-order valence-electron chi connectivity index (χ0n) is 80.6. The Kier molecular flexibility index (Phi) is 30.8. The van der Waals surface area contributed by atoms with Gasteiger partial charge in [0.2, 0.25) is 17.7 Å². The molecular formula is C99H126N16O21. The smallest absolute Gasteiger partial charge is 0.410 e. The number of methoxy groups -OCH3 is 8. The Balaban J connectivity index is 0.000000193. The lowest BCUT2D eigenvalue weighted by atomic mass is 9.92. The first-order chi connectivity index (χ1) is 65.1. The van der Waals surface area contributed by atoms with Crippen LogP contribution in [0, 0.1) is 35.5 Å². The Hall–Kier alpha value is -13.1. The van der Waals surface area contributed by atoms with Crippen LogP contribution in [0.15, 0.2) is 97.3 Å². The number of imidazole rings is 4. The van der Waals surface area contributed by atoms with Gasteiger partial charge >= 0.3 is 36.4 Å². The number of carboxylic acids is 1. The standard InChI is InChI=1S/C47H58N8O9.C45H55N7O7.C7H13NO5/c1-9-25(3)39(52-46(58)62-7)44(56)54-20-24(2)14-36(54)42-48-19-35(50-42)29-10-12-31-30(16-29)23-64-38-18-32-28(17-33(31)38)11-13-34-41(32)51-43(49-34)37-15-27(22-60-5)21-55(37)45(57)40(26(4)61-6)53-47(59)63-8;1-9-25(3)38(50-43(54)57-8)42(53)51-20-24(2)14-35(51)40-46-19-34(48-40)28-10-12-30-29(16-28)23-58-37-18-31-27(17-32(30)37)11-13-33-39(31)49-41(47-33)36-15-26(22-56-7)21-52(36)44(55)59-45(4,5)6;1-4(12-2)5(6(9)10)8-7(11)13-3/h10-13,16-19,24-27,36-37,39-40H,9,14-15,20-23H2,1-8H3,(H,48,50)(H,49,51)(H,52,58)(H,53,59);10-13,16-19,24-26,35-36,38H,9,14-15,20-23H2,1-8H3,(H,46,48)(H,47,49)(H,50,54);4-5H,1-3H3,(H,8,11)(H,9,10)/t24-,25?,26+,27-,36?,37-,39-,40-;24-,25?,26-,35?,36-,38-;4-,5+/m001/s1. The second kappa shape index (κ2) is 42.4. The van der Waals surface area contributed by atoms with E-state index in [0.717, 1.165) is 155 Å². The highest BCUT2D eigenvalue weighted by atomic mass is 16.6. The average molecular weight is 1880 g/mol. The fourth-order valence-electron chi connectivity index (χ4n) is 19.2. The van der Waals surface area contributed by atoms with E-state index in [0.29, 0.717) is 77.1 Å². The van der Waals surface area contributed by atoms with Crippen LogP contribution in [-0.2, 0) is 75.0 Å². The second-order valence-electron chi connectivity index (χ2n) is 37.4. The van der Waals surface area contributed by atoms with Gasteiger partial charge in [-0.05, 0) is 177 Å². The van der Waals surface area contributed by atoms with Crippen LogP contribution in [0.3, 0.4) is 0 Å². The number of aromatic nitrogens is 8. The fourth-order valence-corrected chi connectivity index (χ4v) is 19.2. The van der Waals surface area contributed by atoms with E-state index in [2.05, 4.69) is 127 Å². The predicted molar refractivity (Wildman–Crippen MR) is 505 cm³/mol. The number of aromatic amines is 4. The van der Waals surface area contributed by atoms with Crippen LogP contribution >= 0.6 is 0 Å². The number of ether oxygens (including phenoxy) is 11. The summed E-state index contributed by atoms with van der Waals surface area (Å²) in [5.74, 6) is 3.18. The van der Waals surface area contributed by atoms with Crippen molar-refractivity contribution in [2.24, 2.45) is 35.5 Å². The van der Waals surface area contributed by atoms with Gasteiger partial charge in [-0.25, -0.2) is 48.7 Å². The molecule has 8 amide bonds. The molecule has 10 aromatic rings. The van der Waals surface area contributed by atoms with E-state index in [9.17, 15) is 43.2 Å². The van der Waals surface area contributed by atoms with Gasteiger partial charge in [-0.2, -0.15) is 0 Å². The highest BCUT2D eigenvalue weighted by Crippen LogP contribution is 2.48. The molecule has 4 saturated heterocycles. The average Bonchev–Trinajstić information content (AvgIpc) is 1.47. The van der Waals surface area contributed by atoms with Crippen molar-refractivity contribution in [3.63, 3.8) is 0 Å². The highest BCUT2D eigenvalue weighted by Gasteiger charge is 2.47. The molecule has 6 aliphatic heterocycles. The summed E-state index contributed by atoms with van der Waals surface area (Å²) in [5, 5.41) is 22.9. The Morgan fingerprint density at radius 1 is 0.463 bits per heavy atom. The van der Waals surface area contributed by atoms with E-state index in [1.807, 2.05) is 88.9 Å². The number of nitrogens with zero attached hydrogens (tertiary/aromatic N) is 8. The lowest BCUT2D eigenvalue weighted by molar-refractivity contribution is -0.142. The summed E-state index contributed by atoms with van der Waals surface area (Å²) in [6.07, 6.45) is 3.59. The number of hydrogen-bond donors (Lipinski definition) is 9. The molecule has 37 heteroatoms. The number of likely N-dealkylation sites (tertiary alicyclic amines) is 4. The summed E-state index contributed by atoms with van der Waals surface area (Å²) in [5.41, 5.74) is 12.5. The number of carboxylic acid groups (broad SMARTS) is 1. The molecule has 10 heterocycles. The molecule has 0 aliphatic carbocycles. The normalized spacial score (nSPS) is 20.5. The Labute approximate surface area is 788 Å². The van der Waals surface area contributed by atoms with Gasteiger partial charge in [0.15, 0.2) is 6.04 Å². The maximum absolute atomic E-state index is 14.1. The number of H-pyrrole nitrogens is 4. The van der Waals surface area contributed by atoms with Gasteiger partial charge in [-0.3, -0.25) is 19.3 Å². The van der Waals surface area contributed by atoms with Crippen LogP contribution < -0.4 is 30.7 Å². The molecule has 6 aromatic carbocycles. The molecule has 136 heavy (non-hydrogen) atoms. The molecule has 0 saturated carbocycles. The third kappa shape index (κ3) is 21.3. The van der Waals surface area contributed by atoms with Gasteiger partial charge in [-0.1, -0.05) is 90.8 Å². The van der Waals surface area contributed by atoms with Crippen molar-refractivity contribution >= 4 is 97.8 Å². The molecule has 6 aliphatic rings. The number of benzene rings is 6. The number of nitrogens with one attached hydrogen (secondary N) is 8. The minimum Gasteiger partial charge on any atom is -0.488 e. The molecule has 37 nitrogen and oxygen atoms in total. The van der Waals surface area contributed by atoms with Crippen LogP contribution in [0.25, 0.3) is 88.4 Å². The number of amides is 8. The molecule has 0 spiro atoms. The summed E-state index contributed by atoms with van der Waals surface area (Å²) in [6.45, 7) is 24.9. The zero-order valence-corrected chi connectivity index (χ0v) is 80.6. The molecule has 4 unspecified atom stereocenters. The van der Waals surface area contributed by atoms with Crippen LogP contribution in [-0.4, -0.2) is 257 Å². The Bertz CT molecular complexity index is 6060. The molecule has 4 aromatic heterocycles. The first kappa shape index (κ1) is 98.9. The summed E-state index contributed by atoms with van der Waals surface area (Å²) in [7, 11) is 11.2. The van der Waals surface area contributed by atoms with E-state index in [-0.39, 0.29) is 77.4 Å². The molecular weight excluding hydrogens is 1750 g/mol. The van der Waals surface area contributed by atoms with Crippen molar-refractivity contribution in [1.29, 1.82) is 0 Å². The minimum absolute atomic E-state index is 0.0552. The van der Waals surface area contributed by atoms with Crippen molar-refractivity contribution in [2.75, 3.05) is 96.3 Å². The lowest BCUT2D eigenvalue weighted by Crippen LogP contribution is -2.54. The maximum atomic E-state index is 14.1. The summed E-state index contributed by atoms with van der Waals surface area (Å²) in [6, 6.07) is 24.6. The molecule has 4 fully saturated rings. The number of hydrogen-bond acceptors (Lipinski definition) is 24. The number of rotatable bonds is 26. The van der Waals surface area contributed by atoms with E-state index in [4.69, 9.17) is 72.4 Å². The van der Waals surface area contributed by atoms with Crippen LogP contribution in [0.4, 0.5) is 24.0 Å². The van der Waals surface area contributed by atoms with Crippen molar-refractivity contribution in [2.45, 2.75) is 194 Å². The lowest BCUT2D eigenvalue weighted by Gasteiger charge is -2.30. The topological polar surface area (TPSA) is 451 Å². The number of aliphatic carboxylic acids is 1. The summed E-state index contributed by atoms with van der Waals surface area (Å²) < 4.78 is 58.7. The van der Waals surface area contributed by atoms with Gasteiger partial charge in [-0.15, -0.1) is 0 Å². The van der Waals surface area contributed by atoms with Crippen molar-refractivity contribution in [3.8, 4) is 56.3 Å². The number of carbonyl (C=O) groups excluding carboxylic acids is 8. The van der Waals surface area contributed by atoms with E-state index < -0.39 is 78.4 Å². The van der Waals surface area contributed by atoms with Crippen LogP contribution in [0.5, 0.6) is 11.5 Å². The van der Waals surface area contributed by atoms with Crippen molar-refractivity contribution < 1.29 is 100 Å². The Morgan fingerprint density at radius 3 is 1.24 bits per heavy atom. The van der Waals surface area contributed by atoms with Gasteiger partial charge in [0.05, 0.1) is 124 Å². The van der Waals surface area contributed by atoms with E-state index in [1.165, 1.54) is 42.5 Å². The van der Waals surface area contributed by atoms with Gasteiger partial charge in [0.1, 0.15) is 71.7 Å². The quantitative estimate of drug-likeness (QED) is 0.0227. The number of fused-ring (bicyclic) bond motifs is 12. The van der Waals surface area contributed by atoms with E-state index in [1.54, 1.807) is 30.9 Å². The summed E-state index contributed by atoms with van der Waals surface area (Å²) >= 11 is 0. The zero-order chi connectivity index (χ0) is 97.6. The maximum Gasteiger partial charge on any atom is 0.410 e. The van der Waals surface area contributed by atoms with Gasteiger partial charge in [0, 0.05) is 88.4 Å². The molecule has 16 rings (SSSR count). The van der Waals surface area contributed by atoms with Crippen LogP contribution in [0.2, 0.25) is 0 Å². The molecule has 16 atom stereocenters. The third-order valence-corrected chi connectivity index (χ3v) is 26.9. The number of carbonyl (C=O) groups is 9. The second-order valence-corrected chi connectivity index (χ2v) is 37.4. The fraction of sp³-hybridized carbons (Fsp3) is 0.505. The largest absolute Gasteiger partial charge is 0.488 e. The highest BCUT2D eigenvalue weighted by molar-refractivity contribution is 6.08. The Morgan fingerprint density at radius 2 is 0.846 bits per heavy atom. The molecule has 0 radical (unpaired) electrons. The molecule has 0 bridgehead atoms. The third-order valence-electron chi connectivity index (χ3n) is 26.9. The van der Waals surface area contributed by atoms with Gasteiger partial charge < -0.3 is 113 Å². The number of alkyl carbamates (subject to hydrolysis) is 4. The van der Waals surface area contributed by atoms with Crippen molar-refractivity contribution in [3.05, 3.63) is 132 Å². The molecule has 9 N–H and O–H groups in total. The SMILES string of the molecule is CCC(C)[C@H](NC(=O)OC)C(=O)N1C[C@@H](C)CC1c1ncc(-c2ccc3c(c2)COc2cc4c(ccc5[nH]c([C@@H]6C[C@H](COC)CN6C(=O)OC(C)(C)C)nc54)cc2-3)[nH]1.CCC(C)[C@H](NC(=O)OC)C(=O)N1C[C@@H](C)CC1c1ncc(-c2ccc3c(c2)COc2cc4c(ccc5[nH]c([C@@H]6C[C@H](COC)CN6C(=O)[C@@H](NC(=O)OC)[C@@H](C)OC)nc54)cc2-3)[nH]1.COC(=O)N[C@H](C(=O)O)[C@@H](C)OC. The summed E-state index contributed by atoms with van der Waals surface area (Å²) in [4.78, 5) is 154. The van der Waals surface area contributed by atoms with Crippen LogP contribution in [0.1, 0.15) is 173 Å². The minimum atomic E-state index is -1.17. The first-order valence-corrected chi connectivity index (χ1v) is 46.2. The van der Waals surface area contributed by atoms with E-state index >= 15 is 0 Å². The van der Waals surface area contributed by atoms with Crippen molar-refractivity contribution in [1.82, 2.24) is 80.7 Å². The predicted octanol–water partition coefficient (Wildman–Crippen LogP) is 14.8. The monoisotopic (exact) mass is 1870 g/mol.